The van der Waals surface area contributed by atoms with Crippen LogP contribution in [0.3, 0.4) is 0 Å². The molecule has 2 bridgehead atoms. The zero-order valence-electron chi connectivity index (χ0n) is 12.5. The molecular weight excluding hydrogens is 282 g/mol. The van der Waals surface area contributed by atoms with Gasteiger partial charge in [-0.05, 0) is 17.5 Å². The van der Waals surface area contributed by atoms with Gasteiger partial charge in [-0.15, -0.1) is 0 Å². The molecular formula is C17H19NO4. The van der Waals surface area contributed by atoms with Crippen molar-refractivity contribution >= 4 is 17.6 Å². The Kier molecular flexibility index (Phi) is 3.74. The standard InChI is InChI=1S/C17H19NO4/c1-9(2)10-5-3-4-6-11(10)18-16(19)14-12-7-8-13(22-12)15(14)17(20)21/h3-9,12-15H,1-2H3,(H,18,19)(H,20,21)/t12-,13+,14-,15+/m1/s1. The number of para-hydroxylation sites is 1. The molecule has 1 aromatic carbocycles. The first-order valence-corrected chi connectivity index (χ1v) is 7.45. The minimum Gasteiger partial charge on any atom is -0.481 e. The van der Waals surface area contributed by atoms with Crippen LogP contribution in [0.15, 0.2) is 36.4 Å². The summed E-state index contributed by atoms with van der Waals surface area (Å²) in [5.41, 5.74) is 1.76. The van der Waals surface area contributed by atoms with Gasteiger partial charge in [0, 0.05) is 5.69 Å². The number of carboxylic acids is 1. The van der Waals surface area contributed by atoms with Crippen LogP contribution in [-0.2, 0) is 14.3 Å². The van der Waals surface area contributed by atoms with Gasteiger partial charge in [-0.1, -0.05) is 44.2 Å². The van der Waals surface area contributed by atoms with Crippen molar-refractivity contribution in [2.45, 2.75) is 32.0 Å². The quantitative estimate of drug-likeness (QED) is 0.837. The Hall–Kier alpha value is -2.14. The maximum Gasteiger partial charge on any atom is 0.310 e. The Morgan fingerprint density at radius 2 is 1.77 bits per heavy atom. The molecule has 0 saturated carbocycles. The minimum atomic E-state index is -0.992. The Balaban J connectivity index is 1.83. The second-order valence-electron chi connectivity index (χ2n) is 6.07. The predicted molar refractivity (Wildman–Crippen MR) is 81.6 cm³/mol. The Morgan fingerprint density at radius 1 is 1.14 bits per heavy atom. The highest BCUT2D eigenvalue weighted by molar-refractivity contribution is 5.97. The van der Waals surface area contributed by atoms with E-state index >= 15 is 0 Å². The molecule has 1 saturated heterocycles. The summed E-state index contributed by atoms with van der Waals surface area (Å²) in [5.74, 6) is -2.52. The van der Waals surface area contributed by atoms with Gasteiger partial charge in [0.1, 0.15) is 5.92 Å². The number of amides is 1. The van der Waals surface area contributed by atoms with Crippen LogP contribution in [0.25, 0.3) is 0 Å². The fourth-order valence-corrected chi connectivity index (χ4v) is 3.25. The Bertz CT molecular complexity index is 637. The molecule has 1 fully saturated rings. The van der Waals surface area contributed by atoms with E-state index in [9.17, 15) is 14.7 Å². The molecule has 0 aliphatic carbocycles. The molecule has 0 aromatic heterocycles. The van der Waals surface area contributed by atoms with Crippen LogP contribution in [0.1, 0.15) is 25.3 Å². The van der Waals surface area contributed by atoms with Crippen molar-refractivity contribution in [2.75, 3.05) is 5.32 Å². The van der Waals surface area contributed by atoms with Gasteiger partial charge in [-0.25, -0.2) is 0 Å². The predicted octanol–water partition coefficient (Wildman–Crippen LogP) is 2.40. The lowest BCUT2D eigenvalue weighted by Gasteiger charge is -2.22. The fourth-order valence-electron chi connectivity index (χ4n) is 3.25. The molecule has 116 valence electrons. The lowest BCUT2D eigenvalue weighted by Crippen LogP contribution is -2.39. The zero-order chi connectivity index (χ0) is 15.9. The van der Waals surface area contributed by atoms with Crippen molar-refractivity contribution in [2.24, 2.45) is 11.8 Å². The summed E-state index contributed by atoms with van der Waals surface area (Å²) < 4.78 is 5.54. The van der Waals surface area contributed by atoms with E-state index in [0.29, 0.717) is 0 Å². The number of fused-ring (bicyclic) bond motifs is 2. The van der Waals surface area contributed by atoms with E-state index in [1.54, 1.807) is 12.2 Å². The van der Waals surface area contributed by atoms with Gasteiger partial charge in [-0.2, -0.15) is 0 Å². The van der Waals surface area contributed by atoms with E-state index in [-0.39, 0.29) is 11.8 Å². The Morgan fingerprint density at radius 3 is 2.41 bits per heavy atom. The normalized spacial score (nSPS) is 29.0. The number of nitrogens with one attached hydrogen (secondary N) is 1. The lowest BCUT2D eigenvalue weighted by atomic mass is 9.82. The number of carbonyl (C=O) groups is 2. The van der Waals surface area contributed by atoms with Crippen molar-refractivity contribution < 1.29 is 19.4 Å². The molecule has 0 unspecified atom stereocenters. The van der Waals surface area contributed by atoms with E-state index in [1.807, 2.05) is 24.3 Å². The largest absolute Gasteiger partial charge is 0.481 e. The van der Waals surface area contributed by atoms with E-state index in [1.165, 1.54) is 0 Å². The highest BCUT2D eigenvalue weighted by Gasteiger charge is 2.53. The summed E-state index contributed by atoms with van der Waals surface area (Å²) in [4.78, 5) is 24.0. The maximum absolute atomic E-state index is 12.6. The number of hydrogen-bond acceptors (Lipinski definition) is 3. The molecule has 4 atom stereocenters. The summed E-state index contributed by atoms with van der Waals surface area (Å²) in [5, 5.41) is 12.3. The number of ether oxygens (including phenoxy) is 1. The molecule has 1 aromatic rings. The van der Waals surface area contributed by atoms with E-state index in [2.05, 4.69) is 19.2 Å². The highest BCUT2D eigenvalue weighted by atomic mass is 16.5. The van der Waals surface area contributed by atoms with E-state index in [4.69, 9.17) is 4.74 Å². The number of rotatable bonds is 4. The molecule has 3 rings (SSSR count). The molecule has 5 heteroatoms. The molecule has 22 heavy (non-hydrogen) atoms. The molecule has 2 heterocycles. The molecule has 0 spiro atoms. The molecule has 2 N–H and O–H groups in total. The van der Waals surface area contributed by atoms with Crippen LogP contribution in [0.4, 0.5) is 5.69 Å². The van der Waals surface area contributed by atoms with Crippen LogP contribution < -0.4 is 5.32 Å². The molecule has 5 nitrogen and oxygen atoms in total. The first kappa shape index (κ1) is 14.8. The molecule has 2 aliphatic heterocycles. The summed E-state index contributed by atoms with van der Waals surface area (Å²) in [7, 11) is 0. The molecule has 0 radical (unpaired) electrons. The van der Waals surface area contributed by atoms with Gasteiger partial charge < -0.3 is 15.2 Å². The third kappa shape index (κ3) is 2.41. The third-order valence-electron chi connectivity index (χ3n) is 4.33. The van der Waals surface area contributed by atoms with E-state index in [0.717, 1.165) is 11.3 Å². The average Bonchev–Trinajstić information content (AvgIpc) is 3.08. The molecule has 1 amide bonds. The number of carboxylic acid groups (broad SMARTS) is 1. The van der Waals surface area contributed by atoms with Crippen molar-refractivity contribution in [3.63, 3.8) is 0 Å². The van der Waals surface area contributed by atoms with Gasteiger partial charge in [-0.3, -0.25) is 9.59 Å². The number of aliphatic carboxylic acids is 1. The fraction of sp³-hybridized carbons (Fsp3) is 0.412. The zero-order valence-corrected chi connectivity index (χ0v) is 12.5. The molecule has 2 aliphatic rings. The van der Waals surface area contributed by atoms with Gasteiger partial charge in [0.15, 0.2) is 0 Å². The highest BCUT2D eigenvalue weighted by Crippen LogP contribution is 2.40. The summed E-state index contributed by atoms with van der Waals surface area (Å²) in [6.07, 6.45) is 2.56. The lowest BCUT2D eigenvalue weighted by molar-refractivity contribution is -0.145. The van der Waals surface area contributed by atoms with Crippen molar-refractivity contribution in [3.05, 3.63) is 42.0 Å². The average molecular weight is 301 g/mol. The maximum atomic E-state index is 12.6. The van der Waals surface area contributed by atoms with Crippen molar-refractivity contribution in [3.8, 4) is 0 Å². The first-order valence-electron chi connectivity index (χ1n) is 7.45. The summed E-state index contributed by atoms with van der Waals surface area (Å²) in [6.45, 7) is 4.10. The van der Waals surface area contributed by atoms with Gasteiger partial charge >= 0.3 is 5.97 Å². The smallest absolute Gasteiger partial charge is 0.310 e. The van der Waals surface area contributed by atoms with Crippen LogP contribution in [0.5, 0.6) is 0 Å². The minimum absolute atomic E-state index is 0.267. The number of carbonyl (C=O) groups excluding carboxylic acids is 1. The van der Waals surface area contributed by atoms with Crippen LogP contribution >= 0.6 is 0 Å². The first-order chi connectivity index (χ1) is 10.5. The van der Waals surface area contributed by atoms with Crippen LogP contribution in [0, 0.1) is 11.8 Å². The summed E-state index contributed by atoms with van der Waals surface area (Å²) in [6, 6.07) is 7.58. The van der Waals surface area contributed by atoms with Gasteiger partial charge in [0.05, 0.1) is 18.1 Å². The SMILES string of the molecule is CC(C)c1ccccc1NC(=O)[C@H]1[C@@H](C(=O)O)[C@@H]2C=C[C@H]1O2. The second kappa shape index (κ2) is 5.57. The van der Waals surface area contributed by atoms with E-state index < -0.39 is 30.0 Å². The number of benzene rings is 1. The monoisotopic (exact) mass is 301 g/mol. The number of hydrogen-bond donors (Lipinski definition) is 2. The van der Waals surface area contributed by atoms with Crippen molar-refractivity contribution in [1.82, 2.24) is 0 Å². The van der Waals surface area contributed by atoms with Gasteiger partial charge in [0.25, 0.3) is 0 Å². The Labute approximate surface area is 129 Å². The second-order valence-corrected chi connectivity index (χ2v) is 6.07. The third-order valence-corrected chi connectivity index (χ3v) is 4.33. The topological polar surface area (TPSA) is 75.6 Å². The van der Waals surface area contributed by atoms with Gasteiger partial charge in [0.2, 0.25) is 5.91 Å². The van der Waals surface area contributed by atoms with Crippen LogP contribution in [-0.4, -0.2) is 29.2 Å². The summed E-state index contributed by atoms with van der Waals surface area (Å²) >= 11 is 0. The van der Waals surface area contributed by atoms with Crippen molar-refractivity contribution in [1.29, 1.82) is 0 Å². The van der Waals surface area contributed by atoms with Crippen LogP contribution in [0.2, 0.25) is 0 Å². The number of anilines is 1.